The van der Waals surface area contributed by atoms with Gasteiger partial charge in [-0.3, -0.25) is 0 Å². The molecule has 24 heavy (non-hydrogen) atoms. The van der Waals surface area contributed by atoms with E-state index >= 15 is 0 Å². The van der Waals surface area contributed by atoms with E-state index in [1.165, 1.54) is 20.3 Å². The lowest BCUT2D eigenvalue weighted by Gasteiger charge is -2.13. The maximum Gasteiger partial charge on any atom is 0.330 e. The number of hydrogen-bond donors (Lipinski definition) is 1. The summed E-state index contributed by atoms with van der Waals surface area (Å²) < 4.78 is 15.5. The van der Waals surface area contributed by atoms with Gasteiger partial charge >= 0.3 is 5.97 Å². The molecule has 0 saturated heterocycles. The molecule has 0 aliphatic rings. The van der Waals surface area contributed by atoms with Crippen molar-refractivity contribution in [3.63, 3.8) is 0 Å². The fourth-order valence-electron chi connectivity index (χ4n) is 2.32. The molecule has 1 aromatic rings. The lowest BCUT2D eigenvalue weighted by Crippen LogP contribution is -2.12. The smallest absolute Gasteiger partial charge is 0.330 e. The second-order valence-electron chi connectivity index (χ2n) is 5.65. The minimum absolute atomic E-state index is 0.0681. The fourth-order valence-corrected chi connectivity index (χ4v) is 2.32. The zero-order valence-corrected chi connectivity index (χ0v) is 15.0. The molecule has 0 amide bonds. The van der Waals surface area contributed by atoms with Crippen LogP contribution in [0.25, 0.3) is 6.08 Å². The van der Waals surface area contributed by atoms with Crippen molar-refractivity contribution in [3.8, 4) is 17.2 Å². The molecule has 0 aliphatic carbocycles. The predicted octanol–water partition coefficient (Wildman–Crippen LogP) is 4.18. The van der Waals surface area contributed by atoms with Crippen LogP contribution >= 0.6 is 0 Å². The van der Waals surface area contributed by atoms with Crippen LogP contribution in [0.1, 0.15) is 45.1 Å². The molecule has 0 fully saturated rings. The van der Waals surface area contributed by atoms with Gasteiger partial charge in [-0.1, -0.05) is 33.1 Å². The Morgan fingerprint density at radius 2 is 1.83 bits per heavy atom. The van der Waals surface area contributed by atoms with E-state index in [0.29, 0.717) is 18.1 Å². The van der Waals surface area contributed by atoms with Crippen molar-refractivity contribution >= 4 is 12.0 Å². The van der Waals surface area contributed by atoms with Crippen LogP contribution < -0.4 is 9.47 Å². The van der Waals surface area contributed by atoms with E-state index in [1.807, 2.05) is 0 Å². The monoisotopic (exact) mass is 336 g/mol. The molecule has 5 heteroatoms. The Balaban J connectivity index is 2.66. The van der Waals surface area contributed by atoms with Crippen LogP contribution in [-0.4, -0.2) is 31.9 Å². The lowest BCUT2D eigenvalue weighted by molar-refractivity contribution is -0.139. The van der Waals surface area contributed by atoms with E-state index in [0.717, 1.165) is 25.7 Å². The van der Waals surface area contributed by atoms with Crippen molar-refractivity contribution in [3.05, 3.63) is 23.8 Å². The van der Waals surface area contributed by atoms with Crippen molar-refractivity contribution in [2.45, 2.75) is 39.5 Å². The minimum Gasteiger partial charge on any atom is -0.502 e. The average molecular weight is 336 g/mol. The molecule has 1 rings (SSSR count). The highest BCUT2D eigenvalue weighted by Gasteiger charge is 2.11. The SMILES string of the molecule is CCCCC(CC)COC(=O)C=Cc1cc(OC)c(O)c(OC)c1. The largest absolute Gasteiger partial charge is 0.502 e. The van der Waals surface area contributed by atoms with Gasteiger partial charge in [-0.25, -0.2) is 4.79 Å². The summed E-state index contributed by atoms with van der Waals surface area (Å²) in [6, 6.07) is 3.25. The molecule has 1 N–H and O–H groups in total. The Bertz CT molecular complexity index is 526. The third-order valence-electron chi connectivity index (χ3n) is 3.92. The van der Waals surface area contributed by atoms with Crippen LogP contribution in [0.15, 0.2) is 18.2 Å². The number of phenolic OH excluding ortho intramolecular Hbond substituents is 1. The van der Waals surface area contributed by atoms with E-state index < -0.39 is 0 Å². The van der Waals surface area contributed by atoms with Crippen LogP contribution in [0, 0.1) is 5.92 Å². The molecular formula is C19H28O5. The van der Waals surface area contributed by atoms with Crippen molar-refractivity contribution in [2.75, 3.05) is 20.8 Å². The summed E-state index contributed by atoms with van der Waals surface area (Å²) in [6.45, 7) is 4.71. The summed E-state index contributed by atoms with van der Waals surface area (Å²) >= 11 is 0. The van der Waals surface area contributed by atoms with Crippen molar-refractivity contribution in [2.24, 2.45) is 5.92 Å². The molecule has 0 radical (unpaired) electrons. The highest BCUT2D eigenvalue weighted by Crippen LogP contribution is 2.37. The highest BCUT2D eigenvalue weighted by atomic mass is 16.5. The van der Waals surface area contributed by atoms with Crippen molar-refractivity contribution < 1.29 is 24.1 Å². The molecule has 134 valence electrons. The first kappa shape index (κ1) is 19.9. The van der Waals surface area contributed by atoms with Gasteiger partial charge in [-0.05, 0) is 36.1 Å². The van der Waals surface area contributed by atoms with Gasteiger partial charge in [-0.2, -0.15) is 0 Å². The second kappa shape index (κ2) is 10.6. The van der Waals surface area contributed by atoms with Crippen LogP contribution in [0.4, 0.5) is 0 Å². The van der Waals surface area contributed by atoms with E-state index in [-0.39, 0.29) is 23.2 Å². The first-order valence-corrected chi connectivity index (χ1v) is 8.35. The Labute approximate surface area is 144 Å². The maximum atomic E-state index is 11.9. The molecule has 1 aromatic carbocycles. The van der Waals surface area contributed by atoms with Crippen molar-refractivity contribution in [1.82, 2.24) is 0 Å². The highest BCUT2D eigenvalue weighted by molar-refractivity contribution is 5.87. The summed E-state index contributed by atoms with van der Waals surface area (Å²) in [4.78, 5) is 11.9. The maximum absolute atomic E-state index is 11.9. The molecule has 0 spiro atoms. The first-order valence-electron chi connectivity index (χ1n) is 8.35. The lowest BCUT2D eigenvalue weighted by atomic mass is 10.0. The Morgan fingerprint density at radius 3 is 2.33 bits per heavy atom. The van der Waals surface area contributed by atoms with Crippen LogP contribution in [0.2, 0.25) is 0 Å². The average Bonchev–Trinajstić information content (AvgIpc) is 2.60. The molecular weight excluding hydrogens is 308 g/mol. The van der Waals surface area contributed by atoms with Gasteiger partial charge in [0.1, 0.15) is 0 Å². The summed E-state index contributed by atoms with van der Waals surface area (Å²) in [5, 5.41) is 9.87. The van der Waals surface area contributed by atoms with Gasteiger partial charge < -0.3 is 19.3 Å². The molecule has 0 saturated carbocycles. The van der Waals surface area contributed by atoms with Crippen molar-refractivity contribution in [1.29, 1.82) is 0 Å². The number of carbonyl (C=O) groups is 1. The third-order valence-corrected chi connectivity index (χ3v) is 3.92. The standard InChI is InChI=1S/C19H28O5/c1-5-7-8-14(6-2)13-24-18(20)10-9-15-11-16(22-3)19(21)17(12-15)23-4/h9-12,14,21H,5-8,13H2,1-4H3. The van der Waals surface area contributed by atoms with E-state index in [2.05, 4.69) is 13.8 Å². The van der Waals surface area contributed by atoms with Gasteiger partial charge in [-0.15, -0.1) is 0 Å². The summed E-state index contributed by atoms with van der Waals surface area (Å²) in [7, 11) is 2.91. The topological polar surface area (TPSA) is 65.0 Å². The van der Waals surface area contributed by atoms with Crippen LogP contribution in [0.3, 0.4) is 0 Å². The minimum atomic E-state index is -0.379. The molecule has 0 heterocycles. The number of rotatable bonds is 10. The quantitative estimate of drug-likeness (QED) is 0.513. The second-order valence-corrected chi connectivity index (χ2v) is 5.65. The van der Waals surface area contributed by atoms with E-state index in [1.54, 1.807) is 18.2 Å². The number of ether oxygens (including phenoxy) is 3. The number of unbranched alkanes of at least 4 members (excludes halogenated alkanes) is 1. The number of aromatic hydroxyl groups is 1. The number of hydrogen-bond acceptors (Lipinski definition) is 5. The molecule has 1 atom stereocenters. The Hall–Kier alpha value is -2.17. The molecule has 0 aromatic heterocycles. The summed E-state index contributed by atoms with van der Waals surface area (Å²) in [5.41, 5.74) is 0.677. The summed E-state index contributed by atoms with van der Waals surface area (Å²) in [5.74, 6) is 0.537. The van der Waals surface area contributed by atoms with E-state index in [9.17, 15) is 9.90 Å². The van der Waals surface area contributed by atoms with Gasteiger partial charge in [0.2, 0.25) is 5.75 Å². The normalized spacial score (nSPS) is 12.2. The Morgan fingerprint density at radius 1 is 1.21 bits per heavy atom. The number of methoxy groups -OCH3 is 2. The van der Waals surface area contributed by atoms with Crippen LogP contribution in [0.5, 0.6) is 17.2 Å². The van der Waals surface area contributed by atoms with Gasteiger partial charge in [0, 0.05) is 6.08 Å². The van der Waals surface area contributed by atoms with Gasteiger partial charge in [0.05, 0.1) is 20.8 Å². The first-order chi connectivity index (χ1) is 11.5. The molecule has 0 bridgehead atoms. The van der Waals surface area contributed by atoms with Gasteiger partial charge in [0.25, 0.3) is 0 Å². The number of phenols is 1. The van der Waals surface area contributed by atoms with Crippen LogP contribution in [-0.2, 0) is 9.53 Å². The molecule has 0 aliphatic heterocycles. The Kier molecular flexibility index (Phi) is 8.76. The number of carbonyl (C=O) groups excluding carboxylic acids is 1. The van der Waals surface area contributed by atoms with Gasteiger partial charge in [0.15, 0.2) is 11.5 Å². The zero-order chi connectivity index (χ0) is 17.9. The molecule has 1 unspecified atom stereocenters. The number of benzene rings is 1. The third kappa shape index (κ3) is 6.14. The van der Waals surface area contributed by atoms with E-state index in [4.69, 9.17) is 14.2 Å². The predicted molar refractivity (Wildman–Crippen MR) is 94.5 cm³/mol. The molecule has 5 nitrogen and oxygen atoms in total. The summed E-state index contributed by atoms with van der Waals surface area (Å²) in [6.07, 6.45) is 7.37. The zero-order valence-electron chi connectivity index (χ0n) is 15.0. The fraction of sp³-hybridized carbons (Fsp3) is 0.526. The number of esters is 1.